The first kappa shape index (κ1) is 21.8. The summed E-state index contributed by atoms with van der Waals surface area (Å²) in [6.45, 7) is 2.17. The van der Waals surface area contributed by atoms with E-state index in [1.807, 2.05) is 18.2 Å². The first-order chi connectivity index (χ1) is 14.8. The number of hydrogen-bond donors (Lipinski definition) is 1. The molecule has 1 atom stereocenters. The van der Waals surface area contributed by atoms with Gasteiger partial charge in [-0.2, -0.15) is 13.2 Å². The van der Waals surface area contributed by atoms with Crippen LogP contribution >= 0.6 is 0 Å². The summed E-state index contributed by atoms with van der Waals surface area (Å²) in [6.07, 6.45) is -0.961. The second-order valence-electron chi connectivity index (χ2n) is 8.47. The van der Waals surface area contributed by atoms with Crippen molar-refractivity contribution >= 4 is 5.91 Å². The highest BCUT2D eigenvalue weighted by Gasteiger charge is 2.42. The minimum atomic E-state index is -4.33. The standard InChI is InChI=1S/C24H27F3N2O2/c25-24(26,27)21-9-5-4-8-19(21)17-29-14-12-23(13-15-29)11-10-20(31-23)16-28-22(30)18-6-2-1-3-7-18/h1-9,20H,10-17H2,(H,28,30)/t20-/m0/s1. The molecule has 0 radical (unpaired) electrons. The lowest BCUT2D eigenvalue weighted by molar-refractivity contribution is -0.138. The van der Waals surface area contributed by atoms with Crippen LogP contribution in [0.15, 0.2) is 54.6 Å². The number of likely N-dealkylation sites (tertiary alicyclic amines) is 1. The maximum atomic E-state index is 13.3. The monoisotopic (exact) mass is 432 g/mol. The third-order valence-electron chi connectivity index (χ3n) is 6.35. The van der Waals surface area contributed by atoms with E-state index in [0.29, 0.717) is 37.3 Å². The summed E-state index contributed by atoms with van der Waals surface area (Å²) >= 11 is 0. The van der Waals surface area contributed by atoms with E-state index in [2.05, 4.69) is 10.2 Å². The summed E-state index contributed by atoms with van der Waals surface area (Å²) in [5.41, 5.74) is 0.173. The minimum absolute atomic E-state index is 0.0230. The van der Waals surface area contributed by atoms with Crippen LogP contribution in [-0.4, -0.2) is 42.1 Å². The zero-order valence-electron chi connectivity index (χ0n) is 17.3. The van der Waals surface area contributed by atoms with Crippen molar-refractivity contribution in [1.29, 1.82) is 0 Å². The summed E-state index contributed by atoms with van der Waals surface area (Å²) < 4.78 is 46.1. The molecule has 31 heavy (non-hydrogen) atoms. The molecule has 2 saturated heterocycles. The van der Waals surface area contributed by atoms with Crippen LogP contribution in [0, 0.1) is 0 Å². The predicted octanol–water partition coefficient (Wildman–Crippen LogP) is 4.65. The van der Waals surface area contributed by atoms with Crippen molar-refractivity contribution in [2.45, 2.75) is 50.1 Å². The highest BCUT2D eigenvalue weighted by molar-refractivity contribution is 5.94. The van der Waals surface area contributed by atoms with Gasteiger partial charge in [-0.1, -0.05) is 36.4 Å². The molecule has 166 valence electrons. The Morgan fingerprint density at radius 3 is 2.42 bits per heavy atom. The molecule has 0 unspecified atom stereocenters. The van der Waals surface area contributed by atoms with Crippen molar-refractivity contribution in [2.24, 2.45) is 0 Å². The highest BCUT2D eigenvalue weighted by atomic mass is 19.4. The number of alkyl halides is 3. The highest BCUT2D eigenvalue weighted by Crippen LogP contribution is 2.39. The molecule has 1 spiro atoms. The molecule has 1 amide bonds. The van der Waals surface area contributed by atoms with Crippen molar-refractivity contribution in [2.75, 3.05) is 19.6 Å². The number of nitrogens with zero attached hydrogens (tertiary/aromatic N) is 1. The topological polar surface area (TPSA) is 41.6 Å². The molecule has 0 saturated carbocycles. The van der Waals surface area contributed by atoms with Crippen LogP contribution in [0.4, 0.5) is 13.2 Å². The Morgan fingerprint density at radius 2 is 1.71 bits per heavy atom. The number of carbonyl (C=O) groups is 1. The van der Waals surface area contributed by atoms with Gasteiger partial charge in [-0.05, 0) is 49.4 Å². The van der Waals surface area contributed by atoms with Gasteiger partial charge < -0.3 is 10.1 Å². The first-order valence-corrected chi connectivity index (χ1v) is 10.7. The molecule has 4 rings (SSSR count). The molecular formula is C24H27F3N2O2. The molecule has 2 aliphatic heterocycles. The van der Waals surface area contributed by atoms with Crippen molar-refractivity contribution < 1.29 is 22.7 Å². The fourth-order valence-electron chi connectivity index (χ4n) is 4.60. The van der Waals surface area contributed by atoms with Crippen LogP contribution in [0.2, 0.25) is 0 Å². The number of piperidine rings is 1. The molecular weight excluding hydrogens is 405 g/mol. The van der Waals surface area contributed by atoms with Gasteiger partial charge in [0.05, 0.1) is 17.3 Å². The number of carbonyl (C=O) groups excluding carboxylic acids is 1. The lowest BCUT2D eigenvalue weighted by Crippen LogP contribution is -2.45. The van der Waals surface area contributed by atoms with E-state index in [1.165, 1.54) is 6.07 Å². The zero-order valence-corrected chi connectivity index (χ0v) is 17.3. The summed E-state index contributed by atoms with van der Waals surface area (Å²) in [5.74, 6) is -0.108. The van der Waals surface area contributed by atoms with Crippen molar-refractivity contribution in [3.8, 4) is 0 Å². The Morgan fingerprint density at radius 1 is 1.03 bits per heavy atom. The smallest absolute Gasteiger partial charge is 0.370 e. The van der Waals surface area contributed by atoms with E-state index < -0.39 is 11.7 Å². The van der Waals surface area contributed by atoms with E-state index in [1.54, 1.807) is 24.3 Å². The molecule has 0 aromatic heterocycles. The third-order valence-corrected chi connectivity index (χ3v) is 6.35. The quantitative estimate of drug-likeness (QED) is 0.748. The molecule has 2 aromatic rings. The number of rotatable bonds is 5. The normalized spacial score (nSPS) is 21.3. The summed E-state index contributed by atoms with van der Waals surface area (Å²) in [7, 11) is 0. The zero-order chi connectivity index (χ0) is 21.9. The van der Waals surface area contributed by atoms with Crippen LogP contribution in [0.5, 0.6) is 0 Å². The summed E-state index contributed by atoms with van der Waals surface area (Å²) in [5, 5.41) is 2.94. The van der Waals surface area contributed by atoms with Gasteiger partial charge in [0.1, 0.15) is 0 Å². The fourth-order valence-corrected chi connectivity index (χ4v) is 4.60. The number of benzene rings is 2. The van der Waals surface area contributed by atoms with E-state index in [-0.39, 0.29) is 17.6 Å². The molecule has 0 aliphatic carbocycles. The average molecular weight is 432 g/mol. The predicted molar refractivity (Wildman–Crippen MR) is 112 cm³/mol. The van der Waals surface area contributed by atoms with Gasteiger partial charge in [0.25, 0.3) is 5.91 Å². The van der Waals surface area contributed by atoms with E-state index in [4.69, 9.17) is 4.74 Å². The maximum absolute atomic E-state index is 13.3. The largest absolute Gasteiger partial charge is 0.416 e. The minimum Gasteiger partial charge on any atom is -0.370 e. The molecule has 2 fully saturated rings. The first-order valence-electron chi connectivity index (χ1n) is 10.7. The molecule has 4 nitrogen and oxygen atoms in total. The van der Waals surface area contributed by atoms with Crippen molar-refractivity contribution in [1.82, 2.24) is 10.2 Å². The summed E-state index contributed by atoms with van der Waals surface area (Å²) in [6, 6.07) is 14.9. The SMILES string of the molecule is O=C(NC[C@@H]1CCC2(CCN(Cc3ccccc3C(F)(F)F)CC2)O1)c1ccccc1. The van der Waals surface area contributed by atoms with Crippen LogP contribution < -0.4 is 5.32 Å². The van der Waals surface area contributed by atoms with Crippen molar-refractivity contribution in [3.05, 3.63) is 71.3 Å². The third kappa shape index (κ3) is 5.28. The van der Waals surface area contributed by atoms with E-state index in [0.717, 1.165) is 31.7 Å². The van der Waals surface area contributed by atoms with E-state index in [9.17, 15) is 18.0 Å². The van der Waals surface area contributed by atoms with Crippen molar-refractivity contribution in [3.63, 3.8) is 0 Å². The Kier molecular flexibility index (Phi) is 6.34. The molecule has 1 N–H and O–H groups in total. The number of ether oxygens (including phenoxy) is 1. The lowest BCUT2D eigenvalue weighted by Gasteiger charge is -2.39. The molecule has 7 heteroatoms. The number of nitrogens with one attached hydrogen (secondary N) is 1. The Hall–Kier alpha value is -2.38. The van der Waals surface area contributed by atoms with Crippen LogP contribution in [0.3, 0.4) is 0 Å². The maximum Gasteiger partial charge on any atom is 0.416 e. The number of halogens is 3. The Labute approximate surface area is 180 Å². The number of amides is 1. The van der Waals surface area contributed by atoms with Gasteiger partial charge in [-0.25, -0.2) is 0 Å². The molecule has 2 aromatic carbocycles. The Balaban J connectivity index is 1.27. The summed E-state index contributed by atoms with van der Waals surface area (Å²) in [4.78, 5) is 14.3. The van der Waals surface area contributed by atoms with Crippen LogP contribution in [0.1, 0.15) is 47.2 Å². The number of hydrogen-bond acceptors (Lipinski definition) is 3. The van der Waals surface area contributed by atoms with Gasteiger partial charge in [-0.3, -0.25) is 9.69 Å². The van der Waals surface area contributed by atoms with Gasteiger partial charge >= 0.3 is 6.18 Å². The lowest BCUT2D eigenvalue weighted by atomic mass is 9.88. The van der Waals surface area contributed by atoms with Gasteiger partial charge in [0.15, 0.2) is 0 Å². The molecule has 2 heterocycles. The second kappa shape index (κ2) is 9.01. The Bertz CT molecular complexity index is 893. The van der Waals surface area contributed by atoms with E-state index >= 15 is 0 Å². The van der Waals surface area contributed by atoms with Crippen LogP contribution in [0.25, 0.3) is 0 Å². The second-order valence-corrected chi connectivity index (χ2v) is 8.47. The fraction of sp³-hybridized carbons (Fsp3) is 0.458. The van der Waals surface area contributed by atoms with Gasteiger partial charge in [0.2, 0.25) is 0 Å². The molecule has 2 aliphatic rings. The van der Waals surface area contributed by atoms with Gasteiger partial charge in [-0.15, -0.1) is 0 Å². The van der Waals surface area contributed by atoms with Crippen LogP contribution in [-0.2, 0) is 17.5 Å². The van der Waals surface area contributed by atoms with Gasteiger partial charge in [0, 0.05) is 31.7 Å². The average Bonchev–Trinajstić information content (AvgIpc) is 3.17. The molecule has 0 bridgehead atoms.